The zero-order valence-corrected chi connectivity index (χ0v) is 17.6. The second-order valence-corrected chi connectivity index (χ2v) is 7.74. The summed E-state index contributed by atoms with van der Waals surface area (Å²) in [5, 5.41) is 0. The predicted molar refractivity (Wildman–Crippen MR) is 110 cm³/mol. The third-order valence-electron chi connectivity index (χ3n) is 5.35. The highest BCUT2D eigenvalue weighted by Gasteiger charge is 2.16. The van der Waals surface area contributed by atoms with Gasteiger partial charge in [-0.3, -0.25) is 0 Å². The van der Waals surface area contributed by atoms with Crippen LogP contribution in [0.4, 0.5) is 0 Å². The maximum Gasteiger partial charge on any atom is 0.256 e. The first-order valence-corrected chi connectivity index (χ1v) is 11.4. The zero-order valence-electron chi connectivity index (χ0n) is 17.6. The first-order chi connectivity index (χ1) is 12.3. The molecule has 2 heteroatoms. The Morgan fingerprint density at radius 1 is 0.680 bits per heavy atom. The summed E-state index contributed by atoms with van der Waals surface area (Å²) in [6, 6.07) is 0. The molecule has 0 aliphatic rings. The molecule has 0 fully saturated rings. The average molecular weight is 350 g/mol. The van der Waals surface area contributed by atoms with Crippen molar-refractivity contribution in [3.05, 3.63) is 18.2 Å². The van der Waals surface area contributed by atoms with Crippen LogP contribution in [-0.2, 0) is 19.5 Å². The average Bonchev–Trinajstić information content (AvgIpc) is 3.00. The summed E-state index contributed by atoms with van der Waals surface area (Å²) in [6.07, 6.45) is 25.2. The second kappa shape index (κ2) is 15.5. The molecule has 0 spiro atoms. The Morgan fingerprint density at radius 2 is 1.24 bits per heavy atom. The van der Waals surface area contributed by atoms with Crippen LogP contribution in [-0.4, -0.2) is 4.57 Å². The van der Waals surface area contributed by atoms with Gasteiger partial charge in [-0.2, -0.15) is 0 Å². The molecule has 1 heterocycles. The first-order valence-electron chi connectivity index (χ1n) is 11.4. The Hall–Kier alpha value is -0.790. The molecule has 0 amide bonds. The number of aromatic nitrogens is 2. The zero-order chi connectivity index (χ0) is 18.2. The summed E-state index contributed by atoms with van der Waals surface area (Å²) in [5.41, 5.74) is 0. The predicted octanol–water partition coefficient (Wildman–Crippen LogP) is 6.84. The fourth-order valence-electron chi connectivity index (χ4n) is 3.67. The molecule has 0 bridgehead atoms. The van der Waals surface area contributed by atoms with Gasteiger partial charge in [-0.1, -0.05) is 78.6 Å². The Labute approximate surface area is 158 Å². The number of hydrogen-bond donors (Lipinski definition) is 0. The largest absolute Gasteiger partial charge is 0.256 e. The maximum absolute atomic E-state index is 2.56. The van der Waals surface area contributed by atoms with Gasteiger partial charge in [0.1, 0.15) is 12.4 Å². The van der Waals surface area contributed by atoms with Gasteiger partial charge in [-0.05, 0) is 32.1 Å². The van der Waals surface area contributed by atoms with Crippen molar-refractivity contribution < 1.29 is 4.57 Å². The fraction of sp³-hybridized carbons (Fsp3) is 0.870. The minimum atomic E-state index is 1.21. The van der Waals surface area contributed by atoms with Crippen LogP contribution in [0.3, 0.4) is 0 Å². The minimum absolute atomic E-state index is 1.21. The Kier molecular flexibility index (Phi) is 13.8. The Bertz CT molecular complexity index is 408. The van der Waals surface area contributed by atoms with Gasteiger partial charge in [0.25, 0.3) is 5.82 Å². The van der Waals surface area contributed by atoms with Gasteiger partial charge in [0, 0.05) is 6.42 Å². The van der Waals surface area contributed by atoms with Gasteiger partial charge in [-0.15, -0.1) is 0 Å². The Balaban J connectivity index is 2.43. The summed E-state index contributed by atoms with van der Waals surface area (Å²) in [7, 11) is 0. The van der Waals surface area contributed by atoms with Crippen molar-refractivity contribution in [3.8, 4) is 0 Å². The van der Waals surface area contributed by atoms with Crippen LogP contribution in [0, 0.1) is 0 Å². The molecule has 1 aromatic heterocycles. The van der Waals surface area contributed by atoms with Crippen LogP contribution in [0.5, 0.6) is 0 Å². The van der Waals surface area contributed by atoms with E-state index in [9.17, 15) is 0 Å². The number of unbranched alkanes of at least 4 members (excludes halogenated alkanes) is 11. The maximum atomic E-state index is 2.56. The van der Waals surface area contributed by atoms with E-state index in [4.69, 9.17) is 0 Å². The SMILES string of the molecule is CCCCCCCCCn1cc[n+](CCCCC)c1CCCCCC. The molecular formula is C23H45N2+. The van der Waals surface area contributed by atoms with Crippen LogP contribution in [0.1, 0.15) is 116 Å². The summed E-state index contributed by atoms with van der Waals surface area (Å²) in [4.78, 5) is 0. The molecule has 0 radical (unpaired) electrons. The first kappa shape index (κ1) is 22.3. The molecule has 146 valence electrons. The quantitative estimate of drug-likeness (QED) is 0.215. The van der Waals surface area contributed by atoms with Gasteiger partial charge < -0.3 is 0 Å². The van der Waals surface area contributed by atoms with E-state index < -0.39 is 0 Å². The van der Waals surface area contributed by atoms with Crippen molar-refractivity contribution in [2.75, 3.05) is 0 Å². The highest BCUT2D eigenvalue weighted by atomic mass is 15.1. The molecule has 0 aliphatic heterocycles. The fourth-order valence-corrected chi connectivity index (χ4v) is 3.67. The van der Waals surface area contributed by atoms with Crippen molar-refractivity contribution in [1.82, 2.24) is 4.57 Å². The van der Waals surface area contributed by atoms with Crippen molar-refractivity contribution in [3.63, 3.8) is 0 Å². The smallest absolute Gasteiger partial charge is 0.234 e. The van der Waals surface area contributed by atoms with Crippen LogP contribution >= 0.6 is 0 Å². The second-order valence-electron chi connectivity index (χ2n) is 7.74. The number of hydrogen-bond acceptors (Lipinski definition) is 0. The molecule has 0 saturated heterocycles. The number of nitrogens with zero attached hydrogens (tertiary/aromatic N) is 2. The summed E-state index contributed by atoms with van der Waals surface area (Å²) in [6.45, 7) is 9.32. The molecule has 1 aromatic rings. The van der Waals surface area contributed by atoms with Crippen LogP contribution in [0.15, 0.2) is 12.4 Å². The standard InChI is InChI=1S/C23H45N2/c1-4-7-10-12-13-14-17-20-25-22-21-24(19-16-9-6-3)23(25)18-15-11-8-5-2/h21-22H,4-20H2,1-3H3/q+1. The molecule has 0 N–H and O–H groups in total. The molecule has 0 aliphatic carbocycles. The van der Waals surface area contributed by atoms with E-state index in [0.29, 0.717) is 0 Å². The van der Waals surface area contributed by atoms with Gasteiger partial charge in [0.2, 0.25) is 0 Å². The number of rotatable bonds is 17. The van der Waals surface area contributed by atoms with Gasteiger partial charge >= 0.3 is 0 Å². The van der Waals surface area contributed by atoms with E-state index >= 15 is 0 Å². The summed E-state index contributed by atoms with van der Waals surface area (Å²) >= 11 is 0. The Morgan fingerprint density at radius 3 is 1.92 bits per heavy atom. The van der Waals surface area contributed by atoms with Crippen molar-refractivity contribution in [2.45, 2.75) is 130 Å². The van der Waals surface area contributed by atoms with Gasteiger partial charge in [0.15, 0.2) is 0 Å². The van der Waals surface area contributed by atoms with E-state index in [1.165, 1.54) is 109 Å². The molecule has 25 heavy (non-hydrogen) atoms. The van der Waals surface area contributed by atoms with E-state index in [1.807, 2.05) is 0 Å². The lowest BCUT2D eigenvalue weighted by Crippen LogP contribution is -2.37. The van der Waals surface area contributed by atoms with Crippen LogP contribution in [0.25, 0.3) is 0 Å². The van der Waals surface area contributed by atoms with E-state index in [1.54, 1.807) is 5.82 Å². The van der Waals surface area contributed by atoms with Crippen molar-refractivity contribution in [1.29, 1.82) is 0 Å². The normalized spacial score (nSPS) is 11.3. The van der Waals surface area contributed by atoms with E-state index in [2.05, 4.69) is 42.3 Å². The molecule has 0 atom stereocenters. The van der Waals surface area contributed by atoms with Crippen molar-refractivity contribution in [2.24, 2.45) is 0 Å². The lowest BCUT2D eigenvalue weighted by molar-refractivity contribution is -0.704. The topological polar surface area (TPSA) is 8.81 Å². The van der Waals surface area contributed by atoms with E-state index in [0.717, 1.165) is 0 Å². The third kappa shape index (κ3) is 10.1. The number of aryl methyl sites for hydroxylation is 2. The van der Waals surface area contributed by atoms with Gasteiger partial charge in [0.05, 0.1) is 13.1 Å². The van der Waals surface area contributed by atoms with Crippen LogP contribution in [0.2, 0.25) is 0 Å². The third-order valence-corrected chi connectivity index (χ3v) is 5.35. The molecule has 0 saturated carbocycles. The van der Waals surface area contributed by atoms with E-state index in [-0.39, 0.29) is 0 Å². The summed E-state index contributed by atoms with van der Waals surface area (Å²) in [5.74, 6) is 1.58. The lowest BCUT2D eigenvalue weighted by Gasteiger charge is -2.06. The molecule has 2 nitrogen and oxygen atoms in total. The van der Waals surface area contributed by atoms with Crippen LogP contribution < -0.4 is 4.57 Å². The highest BCUT2D eigenvalue weighted by Crippen LogP contribution is 2.11. The molecular weight excluding hydrogens is 304 g/mol. The van der Waals surface area contributed by atoms with Crippen molar-refractivity contribution >= 4 is 0 Å². The molecule has 0 aromatic carbocycles. The van der Waals surface area contributed by atoms with Gasteiger partial charge in [-0.25, -0.2) is 9.13 Å². The monoisotopic (exact) mass is 349 g/mol. The summed E-state index contributed by atoms with van der Waals surface area (Å²) < 4.78 is 5.10. The lowest BCUT2D eigenvalue weighted by atomic mass is 10.1. The molecule has 1 rings (SSSR count). The molecule has 0 unspecified atom stereocenters. The minimum Gasteiger partial charge on any atom is -0.234 e. The highest BCUT2D eigenvalue weighted by molar-refractivity contribution is 4.84. The number of imidazole rings is 1.